The first-order chi connectivity index (χ1) is 18.2. The molecule has 1 aliphatic carbocycles. The first-order valence-corrected chi connectivity index (χ1v) is 11.5. The molecule has 11 heteroatoms. The van der Waals surface area contributed by atoms with E-state index in [9.17, 15) is 31.9 Å². The number of fused-ring (bicyclic) bond motifs is 3. The van der Waals surface area contributed by atoms with Gasteiger partial charge < -0.3 is 16.2 Å². The van der Waals surface area contributed by atoms with Crippen LogP contribution in [0.1, 0.15) is 34.2 Å². The summed E-state index contributed by atoms with van der Waals surface area (Å²) in [6, 6.07) is 13.6. The fraction of sp³-hybridized carbons (Fsp3) is 0.148. The second-order valence-corrected chi connectivity index (χ2v) is 8.76. The van der Waals surface area contributed by atoms with E-state index in [1.165, 1.54) is 0 Å². The number of aryl methyl sites for hydroxylation is 2. The molecule has 0 radical (unpaired) electrons. The van der Waals surface area contributed by atoms with Crippen molar-refractivity contribution in [3.05, 3.63) is 106 Å². The zero-order valence-electron chi connectivity index (χ0n) is 19.5. The van der Waals surface area contributed by atoms with Crippen molar-refractivity contribution in [2.24, 2.45) is 0 Å². The van der Waals surface area contributed by atoms with Gasteiger partial charge in [-0.25, -0.2) is 31.9 Å². The van der Waals surface area contributed by atoms with Gasteiger partial charge in [-0.3, -0.25) is 4.79 Å². The van der Waals surface area contributed by atoms with Crippen molar-refractivity contribution < 1.29 is 31.9 Å². The Morgan fingerprint density at radius 1 is 0.921 bits per heavy atom. The number of halogens is 5. The number of anilines is 2. The van der Waals surface area contributed by atoms with Gasteiger partial charge >= 0.3 is 0 Å². The van der Waals surface area contributed by atoms with Gasteiger partial charge in [0.15, 0.2) is 29.1 Å². The van der Waals surface area contributed by atoms with Crippen molar-refractivity contribution in [3.63, 3.8) is 0 Å². The lowest BCUT2D eigenvalue weighted by molar-refractivity contribution is -0.115. The van der Waals surface area contributed by atoms with E-state index in [2.05, 4.69) is 15.3 Å². The molecule has 1 aromatic heterocycles. The van der Waals surface area contributed by atoms with Crippen LogP contribution in [0.3, 0.4) is 0 Å². The van der Waals surface area contributed by atoms with Crippen molar-refractivity contribution in [3.8, 4) is 11.3 Å². The monoisotopic (exact) mass is 526 g/mol. The number of rotatable bonds is 5. The Morgan fingerprint density at radius 3 is 2.26 bits per heavy atom. The van der Waals surface area contributed by atoms with E-state index in [0.29, 0.717) is 35.5 Å². The first kappa shape index (κ1) is 25.3. The molecule has 1 heterocycles. The molecule has 1 aliphatic rings. The molecule has 0 bridgehead atoms. The Balaban J connectivity index is 1.56. The third-order valence-corrected chi connectivity index (χ3v) is 6.28. The molecule has 0 saturated heterocycles. The van der Waals surface area contributed by atoms with Gasteiger partial charge in [-0.15, -0.1) is 0 Å². The van der Waals surface area contributed by atoms with Gasteiger partial charge in [0.05, 0.1) is 17.8 Å². The molecule has 1 unspecified atom stereocenters. The van der Waals surface area contributed by atoms with Crippen molar-refractivity contribution in [2.75, 3.05) is 11.1 Å². The summed E-state index contributed by atoms with van der Waals surface area (Å²) in [5.41, 5.74) is 8.16. The minimum Gasteiger partial charge on any atom is -0.399 e. The van der Waals surface area contributed by atoms with E-state index in [1.807, 2.05) is 6.07 Å². The Labute approximate surface area is 213 Å². The molecule has 0 aliphatic heterocycles. The molecule has 0 spiro atoms. The second-order valence-electron chi connectivity index (χ2n) is 8.76. The van der Waals surface area contributed by atoms with Crippen LogP contribution in [0.4, 0.5) is 33.5 Å². The normalized spacial score (nSPS) is 13.0. The average molecular weight is 526 g/mol. The van der Waals surface area contributed by atoms with E-state index in [-0.39, 0.29) is 11.5 Å². The number of aliphatic hydroxyl groups is 1. The summed E-state index contributed by atoms with van der Waals surface area (Å²) in [4.78, 5) is 21.8. The molecule has 5 rings (SSSR count). The highest BCUT2D eigenvalue weighted by molar-refractivity contribution is 5.92. The van der Waals surface area contributed by atoms with Gasteiger partial charge in [-0.1, -0.05) is 36.4 Å². The highest BCUT2D eigenvalue weighted by Crippen LogP contribution is 2.36. The van der Waals surface area contributed by atoms with Crippen molar-refractivity contribution in [1.29, 1.82) is 0 Å². The molecule has 6 nitrogen and oxygen atoms in total. The van der Waals surface area contributed by atoms with Crippen LogP contribution >= 0.6 is 0 Å². The zero-order chi connectivity index (χ0) is 27.1. The summed E-state index contributed by atoms with van der Waals surface area (Å²) < 4.78 is 68.9. The van der Waals surface area contributed by atoms with Crippen LogP contribution in [0.2, 0.25) is 0 Å². The van der Waals surface area contributed by atoms with E-state index in [1.54, 1.807) is 42.5 Å². The van der Waals surface area contributed by atoms with E-state index < -0.39 is 53.1 Å². The molecule has 0 fully saturated rings. The van der Waals surface area contributed by atoms with E-state index >= 15 is 0 Å². The highest BCUT2D eigenvalue weighted by atomic mass is 19.2. The number of nitrogens with two attached hydrogens (primary N) is 1. The predicted molar refractivity (Wildman–Crippen MR) is 128 cm³/mol. The molecule has 4 N–H and O–H groups in total. The average Bonchev–Trinajstić information content (AvgIpc) is 2.92. The molecule has 38 heavy (non-hydrogen) atoms. The van der Waals surface area contributed by atoms with Gasteiger partial charge in [0.2, 0.25) is 11.7 Å². The standard InChI is InChI=1S/C27H19F5N4O2/c28-19-16(20(29)22(31)23(32)21(19)30)11-18(37)35-27-25(26(38)12-4-2-1-3-5-12)36-24-15-8-7-14(33)10-13(15)6-9-17(24)34-27/h1-5,7-8,10,26,38H,6,9,11,33H2,(H,34,35,37). The van der Waals surface area contributed by atoms with Crippen LogP contribution in [0.15, 0.2) is 48.5 Å². The maximum atomic E-state index is 14.1. The quantitative estimate of drug-likeness (QED) is 0.150. The molecule has 0 saturated carbocycles. The Bertz CT molecular complexity index is 1550. The summed E-state index contributed by atoms with van der Waals surface area (Å²) in [6.07, 6.45) is -1.55. The Hall–Kier alpha value is -4.38. The van der Waals surface area contributed by atoms with E-state index in [0.717, 1.165) is 11.1 Å². The number of carbonyl (C=O) groups is 1. The molecular weight excluding hydrogens is 507 g/mol. The van der Waals surface area contributed by atoms with Crippen molar-refractivity contribution in [2.45, 2.75) is 25.4 Å². The van der Waals surface area contributed by atoms with Crippen LogP contribution in [0.5, 0.6) is 0 Å². The maximum Gasteiger partial charge on any atom is 0.230 e. The van der Waals surface area contributed by atoms with Crippen LogP contribution in [0.25, 0.3) is 11.3 Å². The van der Waals surface area contributed by atoms with E-state index in [4.69, 9.17) is 5.73 Å². The lowest BCUT2D eigenvalue weighted by Gasteiger charge is -2.23. The largest absolute Gasteiger partial charge is 0.399 e. The number of carbonyl (C=O) groups excluding carboxylic acids is 1. The highest BCUT2D eigenvalue weighted by Gasteiger charge is 2.29. The smallest absolute Gasteiger partial charge is 0.230 e. The fourth-order valence-corrected chi connectivity index (χ4v) is 4.40. The molecule has 1 amide bonds. The van der Waals surface area contributed by atoms with Gasteiger partial charge in [-0.05, 0) is 36.1 Å². The number of nitrogens with zero attached hydrogens (tertiary/aromatic N) is 2. The number of hydrogen-bond donors (Lipinski definition) is 3. The number of amides is 1. The molecular formula is C27H19F5N4O2. The minimum absolute atomic E-state index is 0.0645. The number of nitrogen functional groups attached to an aromatic ring is 1. The summed E-state index contributed by atoms with van der Waals surface area (Å²) in [5, 5.41) is 13.5. The summed E-state index contributed by atoms with van der Waals surface area (Å²) in [7, 11) is 0. The van der Waals surface area contributed by atoms with Crippen LogP contribution in [-0.2, 0) is 24.1 Å². The Kier molecular flexibility index (Phi) is 6.53. The number of nitrogens with one attached hydrogen (secondary N) is 1. The van der Waals surface area contributed by atoms with Crippen LogP contribution in [0, 0.1) is 29.1 Å². The molecule has 4 aromatic rings. The third-order valence-electron chi connectivity index (χ3n) is 6.28. The van der Waals surface area contributed by atoms with Gasteiger partial charge in [0.1, 0.15) is 11.8 Å². The topological polar surface area (TPSA) is 101 Å². The second kappa shape index (κ2) is 9.82. The lowest BCUT2D eigenvalue weighted by Crippen LogP contribution is -2.22. The van der Waals surface area contributed by atoms with Crippen LogP contribution < -0.4 is 11.1 Å². The lowest BCUT2D eigenvalue weighted by atomic mass is 9.91. The number of aromatic nitrogens is 2. The summed E-state index contributed by atoms with van der Waals surface area (Å²) in [5.74, 6) is -12.2. The van der Waals surface area contributed by atoms with Gasteiger partial charge in [0, 0.05) is 16.8 Å². The van der Waals surface area contributed by atoms with Gasteiger partial charge in [0.25, 0.3) is 0 Å². The predicted octanol–water partition coefficient (Wildman–Crippen LogP) is 4.78. The maximum absolute atomic E-state index is 14.1. The minimum atomic E-state index is -2.32. The first-order valence-electron chi connectivity index (χ1n) is 11.5. The van der Waals surface area contributed by atoms with Crippen LogP contribution in [-0.4, -0.2) is 21.0 Å². The SMILES string of the molecule is Nc1ccc2c(c1)CCc1nc(NC(=O)Cc3c(F)c(F)c(F)c(F)c3F)c(C(O)c3ccccc3)nc1-2. The fourth-order valence-electron chi connectivity index (χ4n) is 4.40. The van der Waals surface area contributed by atoms with Crippen molar-refractivity contribution in [1.82, 2.24) is 9.97 Å². The van der Waals surface area contributed by atoms with Crippen molar-refractivity contribution >= 4 is 17.4 Å². The molecule has 194 valence electrons. The Morgan fingerprint density at radius 2 is 1.58 bits per heavy atom. The zero-order valence-corrected chi connectivity index (χ0v) is 19.5. The number of aliphatic hydroxyl groups excluding tert-OH is 1. The summed E-state index contributed by atoms with van der Waals surface area (Å²) in [6.45, 7) is 0. The van der Waals surface area contributed by atoms with Gasteiger partial charge in [-0.2, -0.15) is 0 Å². The molecule has 1 atom stereocenters. The molecule has 3 aromatic carbocycles. The third kappa shape index (κ3) is 4.45. The number of benzene rings is 3. The number of hydrogen-bond acceptors (Lipinski definition) is 5. The summed E-state index contributed by atoms with van der Waals surface area (Å²) >= 11 is 0.